The second-order valence-corrected chi connectivity index (χ2v) is 6.82. The summed E-state index contributed by atoms with van der Waals surface area (Å²) >= 11 is 0. The van der Waals surface area contributed by atoms with Gasteiger partial charge in [-0.15, -0.1) is 0 Å². The molecule has 2 rings (SSSR count). The van der Waals surface area contributed by atoms with Gasteiger partial charge >= 0.3 is 17.8 Å². The highest BCUT2D eigenvalue weighted by atomic mass is 16.2. The van der Waals surface area contributed by atoms with E-state index >= 15 is 0 Å². The van der Waals surface area contributed by atoms with Gasteiger partial charge in [-0.1, -0.05) is 39.0 Å². The number of nitrogens with zero attached hydrogens (tertiary/aromatic N) is 2. The van der Waals surface area contributed by atoms with Crippen molar-refractivity contribution < 1.29 is 24.0 Å². The van der Waals surface area contributed by atoms with Crippen LogP contribution in [0.4, 0.5) is 10.5 Å². The second-order valence-electron chi connectivity index (χ2n) is 6.82. The number of hydrogen-bond acceptors (Lipinski definition) is 5. The number of nitrogens with one attached hydrogen (secondary N) is 2. The van der Waals surface area contributed by atoms with E-state index in [9.17, 15) is 24.0 Å². The molecule has 0 aromatic heterocycles. The predicted molar refractivity (Wildman–Crippen MR) is 101 cm³/mol. The Morgan fingerprint density at radius 1 is 1.00 bits per heavy atom. The number of benzene rings is 1. The molecule has 1 saturated heterocycles. The third-order valence-electron chi connectivity index (χ3n) is 4.10. The summed E-state index contributed by atoms with van der Waals surface area (Å²) in [6.45, 7) is 4.72. The van der Waals surface area contributed by atoms with Crippen molar-refractivity contribution in [2.75, 3.05) is 25.0 Å². The number of carbonyl (C=O) groups is 5. The lowest BCUT2D eigenvalue weighted by molar-refractivity contribution is -0.144. The maximum absolute atomic E-state index is 12.2. The average Bonchev–Trinajstić information content (AvgIpc) is 2.84. The zero-order chi connectivity index (χ0) is 20.8. The Bertz CT molecular complexity index is 805. The number of anilines is 1. The summed E-state index contributed by atoms with van der Waals surface area (Å²) < 4.78 is 0. The van der Waals surface area contributed by atoms with Crippen molar-refractivity contribution in [3.63, 3.8) is 0 Å². The van der Waals surface area contributed by atoms with Crippen LogP contribution in [-0.4, -0.2) is 59.1 Å². The number of carbonyl (C=O) groups excluding carboxylic acids is 5. The molecule has 2 N–H and O–H groups in total. The first-order chi connectivity index (χ1) is 13.2. The van der Waals surface area contributed by atoms with Crippen LogP contribution >= 0.6 is 0 Å². The van der Waals surface area contributed by atoms with Crippen LogP contribution in [0.5, 0.6) is 0 Å². The summed E-state index contributed by atoms with van der Waals surface area (Å²) in [6, 6.07) is 6.48. The highest BCUT2D eigenvalue weighted by molar-refractivity contribution is 6.45. The molecule has 6 amide bonds. The molecule has 0 bridgehead atoms. The van der Waals surface area contributed by atoms with E-state index in [1.165, 1.54) is 0 Å². The minimum absolute atomic E-state index is 0.0100. The van der Waals surface area contributed by atoms with Gasteiger partial charge in [0.05, 0.1) is 6.54 Å². The SMILES string of the molecule is CCc1ccccc1NC(=O)CNC(=O)CN1C(=O)C(=O)N(CC(C)C)C1=O. The molecule has 28 heavy (non-hydrogen) atoms. The number of aryl methyl sites for hydroxylation is 1. The van der Waals surface area contributed by atoms with Crippen molar-refractivity contribution in [1.82, 2.24) is 15.1 Å². The van der Waals surface area contributed by atoms with Crippen molar-refractivity contribution >= 4 is 35.3 Å². The van der Waals surface area contributed by atoms with E-state index in [-0.39, 0.29) is 19.0 Å². The molecular formula is C19H24N4O5. The van der Waals surface area contributed by atoms with Crippen molar-refractivity contribution in [2.24, 2.45) is 5.92 Å². The van der Waals surface area contributed by atoms with Crippen LogP contribution < -0.4 is 10.6 Å². The summed E-state index contributed by atoms with van der Waals surface area (Å²) in [5.41, 5.74) is 1.61. The summed E-state index contributed by atoms with van der Waals surface area (Å²) in [4.78, 5) is 61.5. The van der Waals surface area contributed by atoms with Crippen molar-refractivity contribution in [2.45, 2.75) is 27.2 Å². The van der Waals surface area contributed by atoms with E-state index in [0.717, 1.165) is 16.9 Å². The lowest BCUT2D eigenvalue weighted by atomic mass is 10.1. The van der Waals surface area contributed by atoms with Gasteiger partial charge in [0.15, 0.2) is 0 Å². The van der Waals surface area contributed by atoms with Gasteiger partial charge < -0.3 is 10.6 Å². The quantitative estimate of drug-likeness (QED) is 0.504. The molecular weight excluding hydrogens is 364 g/mol. The molecule has 9 nitrogen and oxygen atoms in total. The molecule has 1 aromatic rings. The molecule has 0 aliphatic carbocycles. The topological polar surface area (TPSA) is 116 Å². The number of imide groups is 2. The molecule has 0 unspecified atom stereocenters. The molecule has 1 fully saturated rings. The lowest BCUT2D eigenvalue weighted by Crippen LogP contribution is -2.43. The van der Waals surface area contributed by atoms with E-state index in [2.05, 4.69) is 10.6 Å². The highest BCUT2D eigenvalue weighted by Crippen LogP contribution is 2.15. The van der Waals surface area contributed by atoms with Gasteiger partial charge in [-0.25, -0.2) is 9.69 Å². The molecule has 1 aliphatic heterocycles. The van der Waals surface area contributed by atoms with E-state index in [1.807, 2.05) is 19.1 Å². The van der Waals surface area contributed by atoms with Gasteiger partial charge in [0.2, 0.25) is 11.8 Å². The molecule has 1 aliphatic rings. The van der Waals surface area contributed by atoms with Crippen LogP contribution in [0, 0.1) is 5.92 Å². The predicted octanol–water partition coefficient (Wildman–Crippen LogP) is 0.750. The first-order valence-corrected chi connectivity index (χ1v) is 9.06. The minimum atomic E-state index is -1.04. The Balaban J connectivity index is 1.88. The summed E-state index contributed by atoms with van der Waals surface area (Å²) in [7, 11) is 0. The van der Waals surface area contributed by atoms with Crippen LogP contribution in [0.1, 0.15) is 26.3 Å². The maximum atomic E-state index is 12.2. The summed E-state index contributed by atoms with van der Waals surface area (Å²) in [5.74, 6) is -3.14. The number of amides is 6. The maximum Gasteiger partial charge on any atom is 0.334 e. The summed E-state index contributed by atoms with van der Waals surface area (Å²) in [5, 5.41) is 5.05. The smallest absolute Gasteiger partial charge is 0.334 e. The normalized spacial score (nSPS) is 14.1. The van der Waals surface area contributed by atoms with E-state index in [1.54, 1.807) is 26.0 Å². The average molecular weight is 388 g/mol. The lowest BCUT2D eigenvalue weighted by Gasteiger charge is -2.16. The van der Waals surface area contributed by atoms with Crippen molar-refractivity contribution in [3.8, 4) is 0 Å². The number of hydrogen-bond donors (Lipinski definition) is 2. The van der Waals surface area contributed by atoms with Gasteiger partial charge in [-0.2, -0.15) is 0 Å². The highest BCUT2D eigenvalue weighted by Gasteiger charge is 2.45. The molecule has 150 valence electrons. The molecule has 0 radical (unpaired) electrons. The Hall–Kier alpha value is -3.23. The van der Waals surface area contributed by atoms with Crippen molar-refractivity contribution in [3.05, 3.63) is 29.8 Å². The van der Waals surface area contributed by atoms with Gasteiger partial charge in [0.1, 0.15) is 6.54 Å². The number of para-hydroxylation sites is 1. The zero-order valence-corrected chi connectivity index (χ0v) is 16.2. The van der Waals surface area contributed by atoms with Gasteiger partial charge in [-0.3, -0.25) is 24.1 Å². The third kappa shape index (κ3) is 4.93. The van der Waals surface area contributed by atoms with Crippen LogP contribution in [-0.2, 0) is 25.6 Å². The van der Waals surface area contributed by atoms with E-state index in [0.29, 0.717) is 10.6 Å². The molecule has 9 heteroatoms. The van der Waals surface area contributed by atoms with Crippen LogP contribution in [0.3, 0.4) is 0 Å². The fourth-order valence-corrected chi connectivity index (χ4v) is 2.74. The number of urea groups is 1. The van der Waals surface area contributed by atoms with Gasteiger partial charge in [0, 0.05) is 12.2 Å². The third-order valence-corrected chi connectivity index (χ3v) is 4.10. The minimum Gasteiger partial charge on any atom is -0.345 e. The Morgan fingerprint density at radius 2 is 1.64 bits per heavy atom. The molecule has 1 aromatic carbocycles. The fourth-order valence-electron chi connectivity index (χ4n) is 2.74. The molecule has 1 heterocycles. The van der Waals surface area contributed by atoms with Crippen molar-refractivity contribution in [1.29, 1.82) is 0 Å². The first kappa shape index (κ1) is 21.1. The Labute approximate surface area is 163 Å². The standard InChI is InChI=1S/C19H24N4O5/c1-4-13-7-5-6-8-14(13)21-15(24)9-20-16(25)11-23-18(27)17(26)22(19(23)28)10-12(2)3/h5-8,12H,4,9-11H2,1-3H3,(H,20,25)(H,21,24). The zero-order valence-electron chi connectivity index (χ0n) is 16.2. The second kappa shape index (κ2) is 9.12. The number of rotatable bonds is 8. The molecule has 0 saturated carbocycles. The molecule has 0 spiro atoms. The van der Waals surface area contributed by atoms with E-state index in [4.69, 9.17) is 0 Å². The Kier molecular flexibility index (Phi) is 6.86. The van der Waals surface area contributed by atoms with Crippen LogP contribution in [0.15, 0.2) is 24.3 Å². The van der Waals surface area contributed by atoms with E-state index < -0.39 is 36.2 Å². The largest absolute Gasteiger partial charge is 0.345 e. The van der Waals surface area contributed by atoms with Crippen LogP contribution in [0.25, 0.3) is 0 Å². The van der Waals surface area contributed by atoms with Gasteiger partial charge in [0.25, 0.3) is 0 Å². The summed E-state index contributed by atoms with van der Waals surface area (Å²) in [6.07, 6.45) is 0.739. The van der Waals surface area contributed by atoms with Gasteiger partial charge in [-0.05, 0) is 24.0 Å². The molecule has 0 atom stereocenters. The monoisotopic (exact) mass is 388 g/mol. The fraction of sp³-hybridized carbons (Fsp3) is 0.421. The van der Waals surface area contributed by atoms with Crippen LogP contribution in [0.2, 0.25) is 0 Å². The first-order valence-electron chi connectivity index (χ1n) is 9.06. The Morgan fingerprint density at radius 3 is 2.29 bits per heavy atom.